The molecule has 1 aromatic heterocycles. The molecule has 3 rings (SSSR count). The predicted molar refractivity (Wildman–Crippen MR) is 106 cm³/mol. The SMILES string of the molecule is CN(C)CCOC(=O)CCC(=O)Nc1cccc2cc3c(nc12)CCCC3. The lowest BCUT2D eigenvalue weighted by atomic mass is 9.94. The number of nitrogens with zero attached hydrogens (tertiary/aromatic N) is 2. The Morgan fingerprint density at radius 2 is 2.00 bits per heavy atom. The molecule has 1 aliphatic carbocycles. The summed E-state index contributed by atoms with van der Waals surface area (Å²) in [6.45, 7) is 1.01. The molecule has 0 spiro atoms. The van der Waals surface area contributed by atoms with Crippen molar-refractivity contribution in [2.45, 2.75) is 38.5 Å². The number of ether oxygens (including phenoxy) is 1. The Balaban J connectivity index is 1.60. The van der Waals surface area contributed by atoms with Gasteiger partial charge < -0.3 is 15.0 Å². The molecule has 0 aliphatic heterocycles. The van der Waals surface area contributed by atoms with Gasteiger partial charge in [-0.05, 0) is 57.5 Å². The number of benzene rings is 1. The summed E-state index contributed by atoms with van der Waals surface area (Å²) in [7, 11) is 3.83. The van der Waals surface area contributed by atoms with Gasteiger partial charge >= 0.3 is 5.97 Å². The molecule has 6 heteroatoms. The van der Waals surface area contributed by atoms with Crippen LogP contribution in [-0.2, 0) is 27.2 Å². The van der Waals surface area contributed by atoms with Crippen LogP contribution in [0.2, 0.25) is 0 Å². The highest BCUT2D eigenvalue weighted by Gasteiger charge is 2.15. The van der Waals surface area contributed by atoms with Crippen molar-refractivity contribution in [1.82, 2.24) is 9.88 Å². The molecular weight excluding hydrogens is 342 g/mol. The van der Waals surface area contributed by atoms with Crippen molar-refractivity contribution >= 4 is 28.5 Å². The average Bonchev–Trinajstić information content (AvgIpc) is 2.65. The molecule has 0 bridgehead atoms. The monoisotopic (exact) mass is 369 g/mol. The lowest BCUT2D eigenvalue weighted by Gasteiger charge is -2.17. The number of esters is 1. The van der Waals surface area contributed by atoms with Gasteiger partial charge in [-0.1, -0.05) is 12.1 Å². The summed E-state index contributed by atoms with van der Waals surface area (Å²) < 4.78 is 5.11. The van der Waals surface area contributed by atoms with E-state index in [0.717, 1.165) is 35.9 Å². The van der Waals surface area contributed by atoms with Crippen LogP contribution in [0.4, 0.5) is 5.69 Å². The number of carbonyl (C=O) groups excluding carboxylic acids is 2. The number of likely N-dealkylation sites (N-methyl/N-ethyl adjacent to an activating group) is 1. The third kappa shape index (κ3) is 5.26. The zero-order chi connectivity index (χ0) is 19.2. The Morgan fingerprint density at radius 3 is 2.81 bits per heavy atom. The Kier molecular flexibility index (Phi) is 6.40. The number of pyridine rings is 1. The van der Waals surface area contributed by atoms with E-state index in [9.17, 15) is 9.59 Å². The maximum atomic E-state index is 12.3. The molecule has 0 saturated heterocycles. The third-order valence-corrected chi connectivity index (χ3v) is 4.76. The highest BCUT2D eigenvalue weighted by atomic mass is 16.5. The first kappa shape index (κ1) is 19.3. The largest absolute Gasteiger partial charge is 0.464 e. The first-order valence-corrected chi connectivity index (χ1v) is 9.54. The number of aromatic nitrogens is 1. The molecule has 1 aromatic carbocycles. The first-order chi connectivity index (χ1) is 13.0. The van der Waals surface area contributed by atoms with Crippen molar-refractivity contribution in [2.24, 2.45) is 0 Å². The lowest BCUT2D eigenvalue weighted by Crippen LogP contribution is -2.21. The van der Waals surface area contributed by atoms with Crippen molar-refractivity contribution in [2.75, 3.05) is 32.6 Å². The second kappa shape index (κ2) is 8.95. The summed E-state index contributed by atoms with van der Waals surface area (Å²) in [5.41, 5.74) is 3.98. The minimum atomic E-state index is -0.350. The van der Waals surface area contributed by atoms with Crippen molar-refractivity contribution in [3.63, 3.8) is 0 Å². The fourth-order valence-corrected chi connectivity index (χ4v) is 3.26. The molecule has 0 radical (unpaired) electrons. The number of carbonyl (C=O) groups is 2. The van der Waals surface area contributed by atoms with Gasteiger partial charge in [0.15, 0.2) is 0 Å². The Hall–Kier alpha value is -2.47. The van der Waals surface area contributed by atoms with Gasteiger partial charge in [-0.15, -0.1) is 0 Å². The van der Waals surface area contributed by atoms with Crippen LogP contribution >= 0.6 is 0 Å². The molecule has 0 saturated carbocycles. The molecular formula is C21H27N3O3. The fraction of sp³-hybridized carbons (Fsp3) is 0.476. The maximum absolute atomic E-state index is 12.3. The van der Waals surface area contributed by atoms with Gasteiger partial charge in [0.2, 0.25) is 5.91 Å². The van der Waals surface area contributed by atoms with E-state index in [1.54, 1.807) is 0 Å². The molecule has 0 fully saturated rings. The van der Waals surface area contributed by atoms with Crippen molar-refractivity contribution in [3.05, 3.63) is 35.5 Å². The van der Waals surface area contributed by atoms with Crippen LogP contribution in [0.25, 0.3) is 10.9 Å². The molecule has 1 aliphatic rings. The van der Waals surface area contributed by atoms with E-state index < -0.39 is 0 Å². The molecule has 1 N–H and O–H groups in total. The summed E-state index contributed by atoms with van der Waals surface area (Å²) >= 11 is 0. The van der Waals surface area contributed by atoms with Gasteiger partial charge in [0.25, 0.3) is 0 Å². The highest BCUT2D eigenvalue weighted by molar-refractivity contribution is 6.01. The number of rotatable bonds is 7. The van der Waals surface area contributed by atoms with Gasteiger partial charge in [0.05, 0.1) is 17.6 Å². The van der Waals surface area contributed by atoms with E-state index in [-0.39, 0.29) is 24.7 Å². The number of nitrogens with one attached hydrogen (secondary N) is 1. The number of hydrogen-bond donors (Lipinski definition) is 1. The average molecular weight is 369 g/mol. The van der Waals surface area contributed by atoms with E-state index in [1.165, 1.54) is 12.0 Å². The topological polar surface area (TPSA) is 71.5 Å². The van der Waals surface area contributed by atoms with E-state index in [2.05, 4.69) is 11.4 Å². The Morgan fingerprint density at radius 1 is 1.19 bits per heavy atom. The van der Waals surface area contributed by atoms with Crippen LogP contribution in [0.1, 0.15) is 36.9 Å². The summed E-state index contributed by atoms with van der Waals surface area (Å²) in [5.74, 6) is -0.552. The maximum Gasteiger partial charge on any atom is 0.306 e. The number of aryl methyl sites for hydroxylation is 2. The summed E-state index contributed by atoms with van der Waals surface area (Å²) in [4.78, 5) is 30.7. The van der Waals surface area contributed by atoms with Crippen LogP contribution in [-0.4, -0.2) is 49.0 Å². The first-order valence-electron chi connectivity index (χ1n) is 9.54. The minimum absolute atomic E-state index is 0.0762. The molecule has 1 amide bonds. The second-order valence-corrected chi connectivity index (χ2v) is 7.25. The number of para-hydroxylation sites is 1. The predicted octanol–water partition coefficient (Wildman–Crippen LogP) is 2.94. The summed E-state index contributed by atoms with van der Waals surface area (Å²) in [5, 5.41) is 3.94. The molecule has 27 heavy (non-hydrogen) atoms. The van der Waals surface area contributed by atoms with Gasteiger partial charge in [-0.3, -0.25) is 14.6 Å². The van der Waals surface area contributed by atoms with Crippen molar-refractivity contribution in [1.29, 1.82) is 0 Å². The van der Waals surface area contributed by atoms with Gasteiger partial charge in [-0.2, -0.15) is 0 Å². The molecule has 1 heterocycles. The number of amides is 1. The van der Waals surface area contributed by atoms with Crippen LogP contribution in [0.15, 0.2) is 24.3 Å². The standard InChI is InChI=1S/C21H27N3O3/c1-24(2)12-13-27-20(26)11-10-19(25)22-18-9-5-7-16-14-15-6-3-4-8-17(15)23-21(16)18/h5,7,9,14H,3-4,6,8,10-13H2,1-2H3,(H,22,25). The van der Waals surface area contributed by atoms with Crippen LogP contribution in [0, 0.1) is 0 Å². The van der Waals surface area contributed by atoms with Crippen LogP contribution in [0.5, 0.6) is 0 Å². The highest BCUT2D eigenvalue weighted by Crippen LogP contribution is 2.28. The molecule has 144 valence electrons. The number of hydrogen-bond acceptors (Lipinski definition) is 5. The minimum Gasteiger partial charge on any atom is -0.464 e. The van der Waals surface area contributed by atoms with E-state index in [4.69, 9.17) is 9.72 Å². The van der Waals surface area contributed by atoms with E-state index in [1.807, 2.05) is 37.2 Å². The summed E-state index contributed by atoms with van der Waals surface area (Å²) in [6.07, 6.45) is 4.61. The Labute approximate surface area is 159 Å². The molecule has 6 nitrogen and oxygen atoms in total. The fourth-order valence-electron chi connectivity index (χ4n) is 3.26. The molecule has 0 unspecified atom stereocenters. The number of anilines is 1. The molecule has 2 aromatic rings. The zero-order valence-electron chi connectivity index (χ0n) is 16.1. The van der Waals surface area contributed by atoms with E-state index in [0.29, 0.717) is 18.8 Å². The third-order valence-electron chi connectivity index (χ3n) is 4.76. The summed E-state index contributed by atoms with van der Waals surface area (Å²) in [6, 6.07) is 7.99. The van der Waals surface area contributed by atoms with Crippen LogP contribution < -0.4 is 5.32 Å². The van der Waals surface area contributed by atoms with E-state index >= 15 is 0 Å². The smallest absolute Gasteiger partial charge is 0.306 e. The van der Waals surface area contributed by atoms with Gasteiger partial charge in [-0.25, -0.2) is 0 Å². The quantitative estimate of drug-likeness (QED) is 0.760. The lowest BCUT2D eigenvalue weighted by molar-refractivity contribution is -0.144. The van der Waals surface area contributed by atoms with Crippen molar-refractivity contribution in [3.8, 4) is 0 Å². The Bertz CT molecular complexity index is 833. The normalized spacial score (nSPS) is 13.4. The van der Waals surface area contributed by atoms with Gasteiger partial charge in [0, 0.05) is 24.0 Å². The molecule has 0 atom stereocenters. The van der Waals surface area contributed by atoms with Crippen LogP contribution in [0.3, 0.4) is 0 Å². The number of fused-ring (bicyclic) bond motifs is 2. The van der Waals surface area contributed by atoms with Gasteiger partial charge in [0.1, 0.15) is 6.61 Å². The second-order valence-electron chi connectivity index (χ2n) is 7.25. The van der Waals surface area contributed by atoms with Crippen molar-refractivity contribution < 1.29 is 14.3 Å². The zero-order valence-corrected chi connectivity index (χ0v) is 16.1.